The van der Waals surface area contributed by atoms with E-state index in [4.69, 9.17) is 4.74 Å². The highest BCUT2D eigenvalue weighted by atomic mass is 32.2. The second kappa shape index (κ2) is 12.0. The van der Waals surface area contributed by atoms with Crippen LogP contribution < -0.4 is 14.9 Å². The van der Waals surface area contributed by atoms with Crippen LogP contribution in [0.2, 0.25) is 0 Å². The molecule has 0 aromatic heterocycles. The van der Waals surface area contributed by atoms with Gasteiger partial charge in [0.1, 0.15) is 11.9 Å². The first-order chi connectivity index (χ1) is 16.3. The lowest BCUT2D eigenvalue weighted by Gasteiger charge is -2.31. The number of nitrogens with one attached hydrogen (secondary N) is 2. The predicted molar refractivity (Wildman–Crippen MR) is 126 cm³/mol. The largest absolute Gasteiger partial charge is 0.376 e. The van der Waals surface area contributed by atoms with Gasteiger partial charge in [0, 0.05) is 18.8 Å². The molecule has 1 saturated heterocycles. The number of ether oxygens (including phenoxy) is 1. The number of carbonyl (C=O) groups excluding carboxylic acids is 2. The summed E-state index contributed by atoms with van der Waals surface area (Å²) in [6, 6.07) is 12.0. The highest BCUT2D eigenvalue weighted by Gasteiger charge is 2.32. The number of hydrogen-bond donors (Lipinski definition) is 2. The molecule has 2 N–H and O–H groups in total. The Morgan fingerprint density at radius 1 is 1.15 bits per heavy atom. The van der Waals surface area contributed by atoms with Crippen LogP contribution in [0.4, 0.5) is 10.1 Å². The first kappa shape index (κ1) is 25.8. The average molecular weight is 492 g/mol. The molecule has 3 rings (SSSR count). The van der Waals surface area contributed by atoms with E-state index >= 15 is 0 Å². The smallest absolute Gasteiger partial charge is 0.243 e. The van der Waals surface area contributed by atoms with Crippen molar-refractivity contribution in [1.82, 2.24) is 10.0 Å². The lowest BCUT2D eigenvalue weighted by Crippen LogP contribution is -2.53. The normalized spacial score (nSPS) is 16.7. The van der Waals surface area contributed by atoms with Crippen molar-refractivity contribution in [2.24, 2.45) is 0 Å². The summed E-state index contributed by atoms with van der Waals surface area (Å²) in [5.41, 5.74) is 0.302. The quantitative estimate of drug-likeness (QED) is 0.503. The summed E-state index contributed by atoms with van der Waals surface area (Å²) >= 11 is 0. The highest BCUT2D eigenvalue weighted by Crippen LogP contribution is 2.21. The fourth-order valence-corrected chi connectivity index (χ4v) is 4.81. The molecule has 1 heterocycles. The van der Waals surface area contributed by atoms with Gasteiger partial charge in [0.15, 0.2) is 0 Å². The summed E-state index contributed by atoms with van der Waals surface area (Å²) in [7, 11) is -3.93. The van der Waals surface area contributed by atoms with Gasteiger partial charge in [0.2, 0.25) is 21.8 Å². The van der Waals surface area contributed by atoms with Crippen LogP contribution in [0.5, 0.6) is 0 Å². The topological polar surface area (TPSA) is 105 Å². The minimum absolute atomic E-state index is 0.0237. The molecule has 10 heteroatoms. The maximum atomic E-state index is 13.6. The summed E-state index contributed by atoms with van der Waals surface area (Å²) in [5, 5.41) is 2.85. The molecule has 0 unspecified atom stereocenters. The molecule has 1 aliphatic heterocycles. The first-order valence-electron chi connectivity index (χ1n) is 11.3. The molecule has 0 aliphatic carbocycles. The minimum atomic E-state index is -3.93. The van der Waals surface area contributed by atoms with Crippen LogP contribution in [-0.2, 0) is 24.3 Å². The predicted octanol–water partition coefficient (Wildman–Crippen LogP) is 2.60. The van der Waals surface area contributed by atoms with Gasteiger partial charge in [-0.2, -0.15) is 0 Å². The molecule has 0 spiro atoms. The summed E-state index contributed by atoms with van der Waals surface area (Å²) in [6.45, 7) is 2.30. The Kier molecular flexibility index (Phi) is 9.14. The lowest BCUT2D eigenvalue weighted by molar-refractivity contribution is -0.126. The molecule has 8 nitrogen and oxygen atoms in total. The van der Waals surface area contributed by atoms with Crippen molar-refractivity contribution >= 4 is 27.5 Å². The third-order valence-electron chi connectivity index (χ3n) is 5.54. The third-order valence-corrected chi connectivity index (χ3v) is 6.96. The molecule has 0 bridgehead atoms. The molecule has 184 valence electrons. The number of nitrogens with zero attached hydrogens (tertiary/aromatic N) is 1. The van der Waals surface area contributed by atoms with Gasteiger partial charge in [-0.1, -0.05) is 31.5 Å². The van der Waals surface area contributed by atoms with Gasteiger partial charge >= 0.3 is 0 Å². The zero-order valence-electron chi connectivity index (χ0n) is 19.1. The molecule has 0 saturated carbocycles. The van der Waals surface area contributed by atoms with Crippen molar-refractivity contribution in [3.05, 3.63) is 60.4 Å². The zero-order chi connectivity index (χ0) is 24.6. The number of sulfonamides is 1. The van der Waals surface area contributed by atoms with E-state index in [2.05, 4.69) is 10.0 Å². The molecule has 34 heavy (non-hydrogen) atoms. The number of anilines is 1. The van der Waals surface area contributed by atoms with Gasteiger partial charge in [-0.15, -0.1) is 0 Å². The number of benzene rings is 2. The summed E-state index contributed by atoms with van der Waals surface area (Å²) in [4.78, 5) is 27.7. The van der Waals surface area contributed by atoms with Crippen LogP contribution in [-0.4, -0.2) is 52.1 Å². The summed E-state index contributed by atoms with van der Waals surface area (Å²) < 4.78 is 46.6. The number of halogens is 1. The maximum absolute atomic E-state index is 13.6. The molecule has 2 amide bonds. The van der Waals surface area contributed by atoms with Crippen LogP contribution >= 0.6 is 0 Å². The SMILES string of the molecule is CCC[C@@H](C(=O)NC[C@@H]1CCCO1)N(C(=O)CNS(=O)(=O)c1ccccc1)c1ccc(F)cc1. The standard InChI is InChI=1S/C24H30FN3O5S/c1-2-7-22(24(30)26-16-20-8-6-15-33-20)28(19-13-11-18(25)12-14-19)23(29)17-27-34(31,32)21-9-4-3-5-10-21/h3-5,9-14,20,22,27H,2,6-8,15-17H2,1H3,(H,26,30)/t20-,22-/m0/s1. The van der Waals surface area contributed by atoms with Crippen molar-refractivity contribution in [1.29, 1.82) is 0 Å². The minimum Gasteiger partial charge on any atom is -0.376 e. The zero-order valence-corrected chi connectivity index (χ0v) is 19.9. The second-order valence-electron chi connectivity index (χ2n) is 8.06. The van der Waals surface area contributed by atoms with E-state index in [1.165, 1.54) is 41.3 Å². The number of hydrogen-bond acceptors (Lipinski definition) is 5. The van der Waals surface area contributed by atoms with Gasteiger partial charge in [-0.25, -0.2) is 17.5 Å². The molecule has 2 atom stereocenters. The van der Waals surface area contributed by atoms with Gasteiger partial charge < -0.3 is 10.1 Å². The van der Waals surface area contributed by atoms with Gasteiger partial charge in [0.05, 0.1) is 17.5 Å². The van der Waals surface area contributed by atoms with Crippen molar-refractivity contribution < 1.29 is 27.1 Å². The van der Waals surface area contributed by atoms with Crippen molar-refractivity contribution in [3.8, 4) is 0 Å². The van der Waals surface area contributed by atoms with Crippen molar-refractivity contribution in [3.63, 3.8) is 0 Å². The number of rotatable bonds is 11. The van der Waals surface area contributed by atoms with Crippen LogP contribution in [0.15, 0.2) is 59.5 Å². The monoisotopic (exact) mass is 491 g/mol. The molecule has 1 fully saturated rings. The van der Waals surface area contributed by atoms with E-state index in [1.54, 1.807) is 18.2 Å². The Morgan fingerprint density at radius 3 is 2.47 bits per heavy atom. The molecule has 2 aromatic carbocycles. The fourth-order valence-electron chi connectivity index (χ4n) is 3.81. The molecule has 2 aromatic rings. The Hall–Kier alpha value is -2.82. The Bertz CT molecular complexity index is 1060. The van der Waals surface area contributed by atoms with Crippen LogP contribution in [0.25, 0.3) is 0 Å². The van der Waals surface area contributed by atoms with Crippen LogP contribution in [0, 0.1) is 5.82 Å². The second-order valence-corrected chi connectivity index (χ2v) is 9.83. The van der Waals surface area contributed by atoms with Crippen LogP contribution in [0.1, 0.15) is 32.6 Å². The number of amides is 2. The van der Waals surface area contributed by atoms with E-state index in [-0.39, 0.29) is 16.9 Å². The van der Waals surface area contributed by atoms with E-state index in [9.17, 15) is 22.4 Å². The van der Waals surface area contributed by atoms with E-state index < -0.39 is 34.3 Å². The van der Waals surface area contributed by atoms with E-state index in [0.29, 0.717) is 31.7 Å². The lowest BCUT2D eigenvalue weighted by atomic mass is 10.1. The van der Waals surface area contributed by atoms with Crippen molar-refractivity contribution in [2.45, 2.75) is 49.6 Å². The third kappa shape index (κ3) is 6.85. The fraction of sp³-hybridized carbons (Fsp3) is 0.417. The summed E-state index contributed by atoms with van der Waals surface area (Å²) in [6.07, 6.45) is 2.64. The number of carbonyl (C=O) groups is 2. The Morgan fingerprint density at radius 2 is 1.85 bits per heavy atom. The molecular weight excluding hydrogens is 461 g/mol. The Balaban J connectivity index is 1.81. The van der Waals surface area contributed by atoms with Crippen LogP contribution in [0.3, 0.4) is 0 Å². The molecular formula is C24H30FN3O5S. The van der Waals surface area contributed by atoms with E-state index in [0.717, 1.165) is 12.8 Å². The van der Waals surface area contributed by atoms with E-state index in [1.807, 2.05) is 6.92 Å². The summed E-state index contributed by atoms with van der Waals surface area (Å²) in [5.74, 6) is -1.49. The van der Waals surface area contributed by atoms with Gasteiger partial charge in [0.25, 0.3) is 0 Å². The first-order valence-corrected chi connectivity index (χ1v) is 12.8. The van der Waals surface area contributed by atoms with Gasteiger partial charge in [-0.05, 0) is 55.7 Å². The highest BCUT2D eigenvalue weighted by molar-refractivity contribution is 7.89. The van der Waals surface area contributed by atoms with Crippen molar-refractivity contribution in [2.75, 3.05) is 24.6 Å². The Labute approximate surface area is 199 Å². The molecule has 1 aliphatic rings. The average Bonchev–Trinajstić information content (AvgIpc) is 3.36. The van der Waals surface area contributed by atoms with Gasteiger partial charge in [-0.3, -0.25) is 14.5 Å². The molecule has 0 radical (unpaired) electrons. The maximum Gasteiger partial charge on any atom is 0.243 e.